The largest absolute Gasteiger partial charge is 0.432 e. The summed E-state index contributed by atoms with van der Waals surface area (Å²) in [4.78, 5) is 5.92. The van der Waals surface area contributed by atoms with Gasteiger partial charge in [-0.2, -0.15) is 13.2 Å². The number of nitrogen functional groups attached to an aromatic ring is 1. The van der Waals surface area contributed by atoms with Crippen LogP contribution in [-0.2, 0) is 0 Å². The SMILES string of the molecule is C=CC(=N)C(F)(F)F.CSc1ccc(-c2cc(N)c3ccccc3n2)cc1. The number of pyridine rings is 1. The summed E-state index contributed by atoms with van der Waals surface area (Å²) in [5, 5.41) is 7.15. The zero-order valence-electron chi connectivity index (χ0n) is 14.5. The fourth-order valence-corrected chi connectivity index (χ4v) is 2.64. The zero-order chi connectivity index (χ0) is 20.0. The Balaban J connectivity index is 0.000000279. The first-order valence-corrected chi connectivity index (χ1v) is 9.06. The second-order valence-corrected chi connectivity index (χ2v) is 6.34. The molecule has 2 aromatic carbocycles. The molecule has 3 N–H and O–H groups in total. The van der Waals surface area contributed by atoms with Crippen LogP contribution in [0.3, 0.4) is 0 Å². The number of nitrogens with one attached hydrogen (secondary N) is 1. The van der Waals surface area contributed by atoms with E-state index in [9.17, 15) is 13.2 Å². The summed E-state index contributed by atoms with van der Waals surface area (Å²) in [5.74, 6) is 0. The molecule has 140 valence electrons. The van der Waals surface area contributed by atoms with Crippen LogP contribution in [-0.4, -0.2) is 23.1 Å². The molecule has 0 spiro atoms. The topological polar surface area (TPSA) is 62.8 Å². The number of aromatic nitrogens is 1. The number of benzene rings is 2. The number of nitrogens with two attached hydrogens (primary N) is 1. The van der Waals surface area contributed by atoms with Gasteiger partial charge in [-0.25, -0.2) is 4.98 Å². The number of hydrogen-bond acceptors (Lipinski definition) is 4. The van der Waals surface area contributed by atoms with Gasteiger partial charge in [0.1, 0.15) is 5.71 Å². The summed E-state index contributed by atoms with van der Waals surface area (Å²) in [6, 6.07) is 18.3. The van der Waals surface area contributed by atoms with E-state index >= 15 is 0 Å². The number of para-hydroxylation sites is 1. The summed E-state index contributed by atoms with van der Waals surface area (Å²) >= 11 is 1.73. The molecule has 1 heterocycles. The minimum absolute atomic E-state index is 0.458. The number of fused-ring (bicyclic) bond motifs is 1. The molecular weight excluding hydrogens is 371 g/mol. The average Bonchev–Trinajstić information content (AvgIpc) is 2.67. The molecule has 3 rings (SSSR count). The molecule has 0 unspecified atom stereocenters. The van der Waals surface area contributed by atoms with Crippen LogP contribution in [0.5, 0.6) is 0 Å². The predicted molar refractivity (Wildman–Crippen MR) is 107 cm³/mol. The first-order chi connectivity index (χ1) is 12.8. The molecule has 0 amide bonds. The lowest BCUT2D eigenvalue weighted by atomic mass is 10.1. The van der Waals surface area contributed by atoms with Crippen molar-refractivity contribution in [2.75, 3.05) is 12.0 Å². The molecule has 0 aliphatic carbocycles. The van der Waals surface area contributed by atoms with Gasteiger partial charge in [-0.05, 0) is 36.6 Å². The standard InChI is InChI=1S/C16H14N2S.C4H4F3N/c1-19-12-8-6-11(7-9-12)16-10-14(17)13-4-2-3-5-15(13)18-16;1-2-3(8)4(5,6)7/h2-10H,1H3,(H2,17,18);2,8H,1H2. The van der Waals surface area contributed by atoms with Crippen molar-refractivity contribution in [2.45, 2.75) is 11.1 Å². The van der Waals surface area contributed by atoms with Gasteiger partial charge < -0.3 is 5.73 Å². The van der Waals surface area contributed by atoms with E-state index in [4.69, 9.17) is 11.1 Å². The van der Waals surface area contributed by atoms with Gasteiger partial charge in [-0.15, -0.1) is 11.8 Å². The first-order valence-electron chi connectivity index (χ1n) is 7.84. The number of allylic oxidation sites excluding steroid dienone is 1. The van der Waals surface area contributed by atoms with E-state index in [1.807, 2.05) is 30.3 Å². The summed E-state index contributed by atoms with van der Waals surface area (Å²) in [5.41, 5.74) is 8.42. The van der Waals surface area contributed by atoms with Gasteiger partial charge in [0.2, 0.25) is 0 Å². The third-order valence-electron chi connectivity index (χ3n) is 3.64. The average molecular weight is 389 g/mol. The maximum Gasteiger partial charge on any atom is 0.432 e. The van der Waals surface area contributed by atoms with Crippen molar-refractivity contribution in [3.8, 4) is 11.3 Å². The Labute approximate surface area is 159 Å². The lowest BCUT2D eigenvalue weighted by Gasteiger charge is -2.07. The van der Waals surface area contributed by atoms with Crippen LogP contribution in [0.2, 0.25) is 0 Å². The molecule has 27 heavy (non-hydrogen) atoms. The molecular formula is C20H18F3N3S. The highest BCUT2D eigenvalue weighted by Crippen LogP contribution is 2.27. The number of alkyl halides is 3. The highest BCUT2D eigenvalue weighted by Gasteiger charge is 2.31. The van der Waals surface area contributed by atoms with E-state index in [1.54, 1.807) is 11.8 Å². The summed E-state index contributed by atoms with van der Waals surface area (Å²) in [6.07, 6.45) is -2.00. The highest BCUT2D eigenvalue weighted by atomic mass is 32.2. The van der Waals surface area contributed by atoms with Gasteiger partial charge in [-0.3, -0.25) is 5.41 Å². The number of thioether (sulfide) groups is 1. The number of halogens is 3. The molecule has 0 atom stereocenters. The van der Waals surface area contributed by atoms with Gasteiger partial charge in [0.15, 0.2) is 0 Å². The number of anilines is 1. The van der Waals surface area contributed by atoms with Crippen LogP contribution < -0.4 is 5.73 Å². The van der Waals surface area contributed by atoms with Crippen LogP contribution in [0.15, 0.2) is 72.1 Å². The third-order valence-corrected chi connectivity index (χ3v) is 4.39. The van der Waals surface area contributed by atoms with Gasteiger partial charge in [-0.1, -0.05) is 36.9 Å². The van der Waals surface area contributed by atoms with E-state index < -0.39 is 11.9 Å². The molecule has 0 aliphatic heterocycles. The minimum Gasteiger partial charge on any atom is -0.398 e. The quantitative estimate of drug-likeness (QED) is 0.429. The molecule has 0 aliphatic rings. The van der Waals surface area contributed by atoms with Crippen molar-refractivity contribution in [1.82, 2.24) is 4.98 Å². The van der Waals surface area contributed by atoms with Crippen LogP contribution in [0.1, 0.15) is 0 Å². The Morgan fingerprint density at radius 2 is 1.78 bits per heavy atom. The van der Waals surface area contributed by atoms with Gasteiger partial charge in [0.25, 0.3) is 0 Å². The first kappa shape index (κ1) is 20.5. The van der Waals surface area contributed by atoms with Crippen LogP contribution >= 0.6 is 11.8 Å². The number of nitrogens with zero attached hydrogens (tertiary/aromatic N) is 1. The molecule has 3 aromatic rings. The summed E-state index contributed by atoms with van der Waals surface area (Å²) < 4.78 is 33.5. The second-order valence-electron chi connectivity index (χ2n) is 5.46. The molecule has 7 heteroatoms. The Kier molecular flexibility index (Phi) is 6.63. The van der Waals surface area contributed by atoms with Crippen molar-refractivity contribution >= 4 is 34.1 Å². The van der Waals surface area contributed by atoms with E-state index in [-0.39, 0.29) is 0 Å². The Morgan fingerprint density at radius 1 is 1.15 bits per heavy atom. The number of hydrogen-bond donors (Lipinski definition) is 2. The van der Waals surface area contributed by atoms with Crippen molar-refractivity contribution in [3.63, 3.8) is 0 Å². The van der Waals surface area contributed by atoms with Crippen molar-refractivity contribution in [3.05, 3.63) is 67.3 Å². The lowest BCUT2D eigenvalue weighted by molar-refractivity contribution is -0.0583. The van der Waals surface area contributed by atoms with Gasteiger partial charge >= 0.3 is 6.18 Å². The van der Waals surface area contributed by atoms with E-state index in [0.717, 1.165) is 27.8 Å². The van der Waals surface area contributed by atoms with Crippen LogP contribution in [0.4, 0.5) is 18.9 Å². The molecule has 0 radical (unpaired) electrons. The fourth-order valence-electron chi connectivity index (χ4n) is 2.23. The Bertz CT molecular complexity index is 951. The molecule has 0 bridgehead atoms. The van der Waals surface area contributed by atoms with Crippen LogP contribution in [0.25, 0.3) is 22.2 Å². The fraction of sp³-hybridized carbons (Fsp3) is 0.100. The maximum absolute atomic E-state index is 11.2. The highest BCUT2D eigenvalue weighted by molar-refractivity contribution is 7.98. The third kappa shape index (κ3) is 5.34. The normalized spacial score (nSPS) is 10.8. The van der Waals surface area contributed by atoms with E-state index in [1.165, 1.54) is 4.90 Å². The molecule has 1 aromatic heterocycles. The maximum atomic E-state index is 11.2. The molecule has 0 saturated carbocycles. The summed E-state index contributed by atoms with van der Waals surface area (Å²) in [6.45, 7) is 2.78. The zero-order valence-corrected chi connectivity index (χ0v) is 15.4. The van der Waals surface area contributed by atoms with E-state index in [2.05, 4.69) is 42.1 Å². The molecule has 0 saturated heterocycles. The van der Waals surface area contributed by atoms with E-state index in [0.29, 0.717) is 6.08 Å². The number of rotatable bonds is 3. The minimum atomic E-state index is -4.53. The summed E-state index contributed by atoms with van der Waals surface area (Å²) in [7, 11) is 0. The Hall–Kier alpha value is -2.80. The molecule has 3 nitrogen and oxygen atoms in total. The van der Waals surface area contributed by atoms with Crippen molar-refractivity contribution < 1.29 is 13.2 Å². The van der Waals surface area contributed by atoms with Crippen LogP contribution in [0, 0.1) is 5.41 Å². The molecule has 0 fully saturated rings. The smallest absolute Gasteiger partial charge is 0.398 e. The monoisotopic (exact) mass is 389 g/mol. The predicted octanol–water partition coefficient (Wildman–Crippen LogP) is 5.96. The van der Waals surface area contributed by atoms with Crippen molar-refractivity contribution in [2.24, 2.45) is 0 Å². The Morgan fingerprint density at radius 3 is 2.30 bits per heavy atom. The second kappa shape index (κ2) is 8.73. The lowest BCUT2D eigenvalue weighted by Crippen LogP contribution is -2.18. The van der Waals surface area contributed by atoms with Crippen molar-refractivity contribution in [1.29, 1.82) is 5.41 Å². The van der Waals surface area contributed by atoms with Gasteiger partial charge in [0.05, 0.1) is 11.2 Å². The van der Waals surface area contributed by atoms with Gasteiger partial charge in [0, 0.05) is 21.5 Å².